The summed E-state index contributed by atoms with van der Waals surface area (Å²) in [5, 5.41) is 15.7. The molecule has 2 aromatic heterocycles. The molecule has 0 bridgehead atoms. The van der Waals surface area contributed by atoms with Crippen LogP contribution in [0.25, 0.3) is 11.1 Å². The van der Waals surface area contributed by atoms with Crippen LogP contribution in [0.3, 0.4) is 0 Å². The fourth-order valence-corrected chi connectivity index (χ4v) is 3.78. The van der Waals surface area contributed by atoms with Crippen molar-refractivity contribution in [1.29, 1.82) is 0 Å². The summed E-state index contributed by atoms with van der Waals surface area (Å²) >= 11 is 0. The molecule has 1 aliphatic heterocycles. The van der Waals surface area contributed by atoms with Crippen LogP contribution >= 0.6 is 0 Å². The molecule has 3 N–H and O–H groups in total. The van der Waals surface area contributed by atoms with Crippen LogP contribution in [-0.2, 0) is 4.74 Å². The minimum absolute atomic E-state index is 0.00118. The third-order valence-electron chi connectivity index (χ3n) is 5.61. The first-order valence-electron chi connectivity index (χ1n) is 11.4. The van der Waals surface area contributed by atoms with Gasteiger partial charge in [-0.3, -0.25) is 9.78 Å². The predicted octanol–water partition coefficient (Wildman–Crippen LogP) is 3.04. The van der Waals surface area contributed by atoms with E-state index >= 15 is 0 Å². The van der Waals surface area contributed by atoms with Gasteiger partial charge in [0, 0.05) is 31.0 Å². The summed E-state index contributed by atoms with van der Waals surface area (Å²) in [6, 6.07) is 9.69. The Kier molecular flexibility index (Phi) is 7.34. The molecule has 9 nitrogen and oxygen atoms in total. The van der Waals surface area contributed by atoms with Crippen LogP contribution in [0.1, 0.15) is 28.7 Å². The molecule has 0 radical (unpaired) electrons. The highest BCUT2D eigenvalue weighted by Crippen LogP contribution is 2.31. The first-order chi connectivity index (χ1) is 16.4. The topological polar surface area (TPSA) is 112 Å². The van der Waals surface area contributed by atoms with Gasteiger partial charge in [-0.1, -0.05) is 6.07 Å². The predicted molar refractivity (Wildman–Crippen MR) is 132 cm³/mol. The van der Waals surface area contributed by atoms with E-state index in [1.54, 1.807) is 13.1 Å². The molecule has 9 heteroatoms. The van der Waals surface area contributed by atoms with Crippen molar-refractivity contribution < 1.29 is 14.6 Å². The first-order valence-corrected chi connectivity index (χ1v) is 11.4. The summed E-state index contributed by atoms with van der Waals surface area (Å²) in [5.74, 6) is 1.22. The van der Waals surface area contributed by atoms with Crippen molar-refractivity contribution in [3.05, 3.63) is 59.7 Å². The Morgan fingerprint density at radius 1 is 1.15 bits per heavy atom. The third kappa shape index (κ3) is 5.67. The summed E-state index contributed by atoms with van der Waals surface area (Å²) in [5.41, 5.74) is 4.62. The van der Waals surface area contributed by atoms with E-state index in [-0.39, 0.29) is 24.2 Å². The van der Waals surface area contributed by atoms with E-state index in [1.807, 2.05) is 38.1 Å². The van der Waals surface area contributed by atoms with Crippen molar-refractivity contribution in [3.63, 3.8) is 0 Å². The Morgan fingerprint density at radius 2 is 1.94 bits per heavy atom. The van der Waals surface area contributed by atoms with Crippen molar-refractivity contribution in [2.24, 2.45) is 0 Å². The Balaban J connectivity index is 1.67. The number of hydrogen-bond donors (Lipinski definition) is 3. The lowest BCUT2D eigenvalue weighted by Crippen LogP contribution is -2.37. The van der Waals surface area contributed by atoms with E-state index in [9.17, 15) is 9.90 Å². The number of hydrogen-bond acceptors (Lipinski definition) is 8. The SMILES string of the molecule is Cc1cncc(C(=O)Nc2ccc(C)c(-c3cc(NC(C)CO)nc(N4CCOCC4)c3)c2)n1. The van der Waals surface area contributed by atoms with Crippen LogP contribution in [0.4, 0.5) is 17.3 Å². The number of morpholine rings is 1. The number of nitrogens with one attached hydrogen (secondary N) is 2. The largest absolute Gasteiger partial charge is 0.394 e. The lowest BCUT2D eigenvalue weighted by molar-refractivity contribution is 0.102. The molecule has 1 fully saturated rings. The Morgan fingerprint density at radius 3 is 2.68 bits per heavy atom. The number of benzene rings is 1. The number of aliphatic hydroxyl groups is 1. The third-order valence-corrected chi connectivity index (χ3v) is 5.61. The lowest BCUT2D eigenvalue weighted by Gasteiger charge is -2.29. The number of carbonyl (C=O) groups is 1. The summed E-state index contributed by atoms with van der Waals surface area (Å²) in [6.07, 6.45) is 3.06. The summed E-state index contributed by atoms with van der Waals surface area (Å²) in [6.45, 7) is 8.57. The van der Waals surface area contributed by atoms with E-state index < -0.39 is 0 Å². The molecule has 1 amide bonds. The van der Waals surface area contributed by atoms with Crippen LogP contribution in [0, 0.1) is 13.8 Å². The Labute approximate surface area is 199 Å². The number of anilines is 3. The fraction of sp³-hybridized carbons (Fsp3) is 0.360. The Bertz CT molecular complexity index is 1160. The van der Waals surface area contributed by atoms with Gasteiger partial charge in [0.1, 0.15) is 17.3 Å². The molecule has 1 aliphatic rings. The van der Waals surface area contributed by atoms with E-state index in [0.29, 0.717) is 30.4 Å². The number of aliphatic hydroxyl groups excluding tert-OH is 1. The average molecular weight is 463 g/mol. The molecule has 4 rings (SSSR count). The van der Waals surface area contributed by atoms with Gasteiger partial charge in [0.05, 0.1) is 31.7 Å². The van der Waals surface area contributed by atoms with Gasteiger partial charge in [-0.25, -0.2) is 9.97 Å². The van der Waals surface area contributed by atoms with Gasteiger partial charge in [-0.2, -0.15) is 0 Å². The monoisotopic (exact) mass is 462 g/mol. The smallest absolute Gasteiger partial charge is 0.275 e. The zero-order valence-electron chi connectivity index (χ0n) is 19.7. The maximum absolute atomic E-state index is 12.7. The number of ether oxygens (including phenoxy) is 1. The quantitative estimate of drug-likeness (QED) is 0.491. The van der Waals surface area contributed by atoms with Crippen molar-refractivity contribution in [3.8, 4) is 11.1 Å². The highest BCUT2D eigenvalue weighted by atomic mass is 16.5. The molecular weight excluding hydrogens is 432 g/mol. The van der Waals surface area contributed by atoms with Gasteiger partial charge >= 0.3 is 0 Å². The second-order valence-corrected chi connectivity index (χ2v) is 8.46. The molecule has 0 aliphatic carbocycles. The molecule has 1 aromatic carbocycles. The number of aryl methyl sites for hydroxylation is 2. The second-order valence-electron chi connectivity index (χ2n) is 8.46. The van der Waals surface area contributed by atoms with E-state index in [0.717, 1.165) is 35.6 Å². The van der Waals surface area contributed by atoms with Gasteiger partial charge in [0.15, 0.2) is 0 Å². The number of aromatic nitrogens is 3. The minimum Gasteiger partial charge on any atom is -0.394 e. The van der Waals surface area contributed by atoms with Gasteiger partial charge in [0.2, 0.25) is 0 Å². The van der Waals surface area contributed by atoms with Crippen molar-refractivity contribution in [2.75, 3.05) is 48.4 Å². The molecule has 3 aromatic rings. The van der Waals surface area contributed by atoms with Gasteiger partial charge in [-0.15, -0.1) is 0 Å². The number of pyridine rings is 1. The molecule has 178 valence electrons. The molecule has 1 unspecified atom stereocenters. The minimum atomic E-state index is -0.311. The molecule has 0 saturated carbocycles. The average Bonchev–Trinajstić information content (AvgIpc) is 2.85. The maximum atomic E-state index is 12.7. The number of nitrogens with zero attached hydrogens (tertiary/aromatic N) is 4. The van der Waals surface area contributed by atoms with E-state index in [1.165, 1.54) is 6.20 Å². The maximum Gasteiger partial charge on any atom is 0.275 e. The molecule has 1 saturated heterocycles. The zero-order chi connectivity index (χ0) is 24.1. The van der Waals surface area contributed by atoms with E-state index in [4.69, 9.17) is 9.72 Å². The normalized spacial score (nSPS) is 14.5. The summed E-state index contributed by atoms with van der Waals surface area (Å²) < 4.78 is 5.50. The van der Waals surface area contributed by atoms with Crippen LogP contribution in [0.5, 0.6) is 0 Å². The van der Waals surface area contributed by atoms with Crippen molar-refractivity contribution >= 4 is 23.2 Å². The molecule has 34 heavy (non-hydrogen) atoms. The summed E-state index contributed by atoms with van der Waals surface area (Å²) in [7, 11) is 0. The second kappa shape index (κ2) is 10.6. The molecule has 0 spiro atoms. The highest BCUT2D eigenvalue weighted by molar-refractivity contribution is 6.03. The number of amides is 1. The zero-order valence-corrected chi connectivity index (χ0v) is 19.7. The lowest BCUT2D eigenvalue weighted by atomic mass is 10.00. The number of carbonyl (C=O) groups excluding carboxylic acids is 1. The first kappa shape index (κ1) is 23.6. The summed E-state index contributed by atoms with van der Waals surface area (Å²) in [4.78, 5) is 28.0. The fourth-order valence-electron chi connectivity index (χ4n) is 3.78. The van der Waals surface area contributed by atoms with Crippen molar-refractivity contribution in [2.45, 2.75) is 26.8 Å². The van der Waals surface area contributed by atoms with Crippen LogP contribution < -0.4 is 15.5 Å². The van der Waals surface area contributed by atoms with Crippen molar-refractivity contribution in [1.82, 2.24) is 15.0 Å². The molecule has 1 atom stereocenters. The van der Waals surface area contributed by atoms with Gasteiger partial charge < -0.3 is 25.4 Å². The van der Waals surface area contributed by atoms with Crippen LogP contribution in [-0.4, -0.2) is 64.9 Å². The van der Waals surface area contributed by atoms with Crippen LogP contribution in [0.2, 0.25) is 0 Å². The van der Waals surface area contributed by atoms with Gasteiger partial charge in [-0.05, 0) is 61.7 Å². The van der Waals surface area contributed by atoms with E-state index in [2.05, 4.69) is 31.6 Å². The molecule has 3 heterocycles. The van der Waals surface area contributed by atoms with Crippen LogP contribution in [0.15, 0.2) is 42.7 Å². The standard InChI is InChI=1S/C25H30N6O3/c1-16-4-5-20(29-25(33)22-14-26-13-17(2)27-22)12-21(16)19-10-23(28-18(3)15-32)30-24(11-19)31-6-8-34-9-7-31/h4-5,10-14,18,32H,6-9,15H2,1-3H3,(H,28,30)(H,29,33). The molecular formula is C25H30N6O3. The van der Waals surface area contributed by atoms with Gasteiger partial charge in [0.25, 0.3) is 5.91 Å². The highest BCUT2D eigenvalue weighted by Gasteiger charge is 2.17. The number of rotatable bonds is 7. The Hall–Kier alpha value is -3.56.